The molecule has 3 rings (SSSR count). The van der Waals surface area contributed by atoms with E-state index in [0.29, 0.717) is 18.8 Å². The summed E-state index contributed by atoms with van der Waals surface area (Å²) in [7, 11) is 2.00. The number of likely N-dealkylation sites (N-methyl/N-ethyl adjacent to an activating group) is 1. The highest BCUT2D eigenvalue weighted by Crippen LogP contribution is 2.21. The lowest BCUT2D eigenvalue weighted by Crippen LogP contribution is -2.49. The van der Waals surface area contributed by atoms with Crippen molar-refractivity contribution in [1.82, 2.24) is 29.7 Å². The molecule has 2 aromatic rings. The molecule has 1 aliphatic rings. The molecule has 0 saturated carbocycles. The molecular weight excluding hydrogens is 284 g/mol. The lowest BCUT2D eigenvalue weighted by atomic mass is 10.1. The minimum Gasteiger partial charge on any atom is -0.347 e. The summed E-state index contributed by atoms with van der Waals surface area (Å²) in [5.41, 5.74) is 0.309. The van der Waals surface area contributed by atoms with E-state index >= 15 is 0 Å². The molecule has 0 aliphatic carbocycles. The Hall–Kier alpha value is -2.48. The molecule has 1 saturated heterocycles. The van der Waals surface area contributed by atoms with Crippen LogP contribution in [-0.4, -0.2) is 62.3 Å². The SMILES string of the molecule is Cc1cc(C(=O)N2CCN(C)C(c3ncc[nH]3)C2)nc(=O)[nH]1. The van der Waals surface area contributed by atoms with Crippen molar-refractivity contribution < 1.29 is 4.79 Å². The van der Waals surface area contributed by atoms with Gasteiger partial charge in [-0.1, -0.05) is 0 Å². The third kappa shape index (κ3) is 2.77. The van der Waals surface area contributed by atoms with Gasteiger partial charge in [0.05, 0.1) is 6.04 Å². The molecule has 2 aromatic heterocycles. The van der Waals surface area contributed by atoms with Gasteiger partial charge in [0.25, 0.3) is 5.91 Å². The second-order valence-corrected chi connectivity index (χ2v) is 5.48. The van der Waals surface area contributed by atoms with Crippen molar-refractivity contribution in [1.29, 1.82) is 0 Å². The van der Waals surface area contributed by atoms with Crippen LogP contribution in [0.15, 0.2) is 23.3 Å². The fourth-order valence-corrected chi connectivity index (χ4v) is 2.66. The van der Waals surface area contributed by atoms with Crippen molar-refractivity contribution in [2.24, 2.45) is 0 Å². The topological polar surface area (TPSA) is 98.0 Å². The first-order valence-electron chi connectivity index (χ1n) is 7.11. The lowest BCUT2D eigenvalue weighted by molar-refractivity contribution is 0.0528. The minimum atomic E-state index is -0.500. The average Bonchev–Trinajstić information content (AvgIpc) is 3.00. The van der Waals surface area contributed by atoms with Crippen LogP contribution in [0.1, 0.15) is 28.0 Å². The Morgan fingerprint density at radius 2 is 2.23 bits per heavy atom. The van der Waals surface area contributed by atoms with Gasteiger partial charge in [-0.15, -0.1) is 0 Å². The zero-order chi connectivity index (χ0) is 15.7. The van der Waals surface area contributed by atoms with Crippen LogP contribution < -0.4 is 5.69 Å². The number of nitrogens with zero attached hydrogens (tertiary/aromatic N) is 4. The van der Waals surface area contributed by atoms with E-state index in [1.165, 1.54) is 0 Å². The molecule has 3 heterocycles. The Morgan fingerprint density at radius 3 is 2.91 bits per heavy atom. The highest BCUT2D eigenvalue weighted by molar-refractivity contribution is 5.92. The van der Waals surface area contributed by atoms with E-state index < -0.39 is 5.69 Å². The first-order valence-corrected chi connectivity index (χ1v) is 7.11. The normalized spacial score (nSPS) is 19.4. The molecule has 2 N–H and O–H groups in total. The lowest BCUT2D eigenvalue weighted by Gasteiger charge is -2.38. The van der Waals surface area contributed by atoms with Crippen LogP contribution in [0.25, 0.3) is 0 Å². The molecule has 0 radical (unpaired) electrons. The van der Waals surface area contributed by atoms with Gasteiger partial charge in [0.2, 0.25) is 0 Å². The van der Waals surface area contributed by atoms with Crippen LogP contribution in [0.5, 0.6) is 0 Å². The third-order valence-corrected chi connectivity index (χ3v) is 3.87. The van der Waals surface area contributed by atoms with Crippen LogP contribution in [0.2, 0.25) is 0 Å². The number of carbonyl (C=O) groups is 1. The number of aromatic nitrogens is 4. The number of nitrogens with one attached hydrogen (secondary N) is 2. The fraction of sp³-hybridized carbons (Fsp3) is 0.429. The fourth-order valence-electron chi connectivity index (χ4n) is 2.66. The molecule has 22 heavy (non-hydrogen) atoms. The van der Waals surface area contributed by atoms with Crippen molar-refractivity contribution in [2.75, 3.05) is 26.7 Å². The predicted molar refractivity (Wildman–Crippen MR) is 79.5 cm³/mol. The summed E-state index contributed by atoms with van der Waals surface area (Å²) in [6.45, 7) is 3.57. The van der Waals surface area contributed by atoms with Crippen LogP contribution in [0.3, 0.4) is 0 Å². The molecular formula is C14H18N6O2. The van der Waals surface area contributed by atoms with Crippen LogP contribution in [-0.2, 0) is 0 Å². The van der Waals surface area contributed by atoms with Crippen LogP contribution in [0, 0.1) is 6.92 Å². The summed E-state index contributed by atoms with van der Waals surface area (Å²) in [5, 5.41) is 0. The van der Waals surface area contributed by atoms with E-state index in [0.717, 1.165) is 12.4 Å². The Labute approximate surface area is 127 Å². The summed E-state index contributed by atoms with van der Waals surface area (Å²) < 4.78 is 0. The number of carbonyl (C=O) groups excluding carboxylic acids is 1. The number of rotatable bonds is 2. The Balaban J connectivity index is 1.82. The Morgan fingerprint density at radius 1 is 1.41 bits per heavy atom. The minimum absolute atomic E-state index is 0.00999. The molecule has 8 nitrogen and oxygen atoms in total. The molecule has 0 spiro atoms. The van der Waals surface area contributed by atoms with E-state index in [1.54, 1.807) is 30.3 Å². The molecule has 1 aliphatic heterocycles. The van der Waals surface area contributed by atoms with Gasteiger partial charge in [-0.2, -0.15) is 4.98 Å². The molecule has 1 unspecified atom stereocenters. The van der Waals surface area contributed by atoms with Crippen molar-refractivity contribution in [3.63, 3.8) is 0 Å². The molecule has 1 amide bonds. The van der Waals surface area contributed by atoms with E-state index in [-0.39, 0.29) is 17.6 Å². The van der Waals surface area contributed by atoms with Gasteiger partial charge in [-0.25, -0.2) is 9.78 Å². The summed E-state index contributed by atoms with van der Waals surface area (Å²) in [6.07, 6.45) is 3.47. The van der Waals surface area contributed by atoms with Crippen molar-refractivity contribution >= 4 is 5.91 Å². The Kier molecular flexibility index (Phi) is 3.76. The quantitative estimate of drug-likeness (QED) is 0.809. The van der Waals surface area contributed by atoms with Gasteiger partial charge in [0.1, 0.15) is 11.5 Å². The van der Waals surface area contributed by atoms with Crippen molar-refractivity contribution in [3.05, 3.63) is 46.2 Å². The molecule has 8 heteroatoms. The highest BCUT2D eigenvalue weighted by Gasteiger charge is 2.30. The number of amides is 1. The average molecular weight is 302 g/mol. The third-order valence-electron chi connectivity index (χ3n) is 3.87. The number of H-pyrrole nitrogens is 2. The zero-order valence-corrected chi connectivity index (χ0v) is 12.5. The molecule has 0 bridgehead atoms. The molecule has 116 valence electrons. The van der Waals surface area contributed by atoms with E-state index in [2.05, 4.69) is 24.8 Å². The highest BCUT2D eigenvalue weighted by atomic mass is 16.2. The summed E-state index contributed by atoms with van der Waals surface area (Å²) in [6, 6.07) is 1.61. The standard InChI is InChI=1S/C14H18N6O2/c1-9-7-10(18-14(22)17-9)13(21)20-6-5-19(2)11(8-20)12-15-3-4-16-12/h3-4,7,11H,5-6,8H2,1-2H3,(H,15,16)(H,17,18,22). The second kappa shape index (κ2) is 5.72. The maximum absolute atomic E-state index is 12.6. The smallest absolute Gasteiger partial charge is 0.345 e. The summed E-state index contributed by atoms with van der Waals surface area (Å²) in [5.74, 6) is 0.605. The van der Waals surface area contributed by atoms with E-state index in [4.69, 9.17) is 0 Å². The van der Waals surface area contributed by atoms with Crippen molar-refractivity contribution in [2.45, 2.75) is 13.0 Å². The van der Waals surface area contributed by atoms with Gasteiger partial charge >= 0.3 is 5.69 Å². The maximum Gasteiger partial charge on any atom is 0.345 e. The van der Waals surface area contributed by atoms with Gasteiger partial charge in [0, 0.05) is 37.7 Å². The van der Waals surface area contributed by atoms with Gasteiger partial charge < -0.3 is 14.9 Å². The number of aryl methyl sites for hydroxylation is 1. The number of piperazine rings is 1. The van der Waals surface area contributed by atoms with Gasteiger partial charge in [-0.05, 0) is 20.0 Å². The summed E-state index contributed by atoms with van der Waals surface area (Å²) in [4.78, 5) is 41.6. The zero-order valence-electron chi connectivity index (χ0n) is 12.5. The van der Waals surface area contributed by atoms with Gasteiger partial charge in [0.15, 0.2) is 0 Å². The molecule has 1 fully saturated rings. The summed E-state index contributed by atoms with van der Waals surface area (Å²) >= 11 is 0. The van der Waals surface area contributed by atoms with E-state index in [9.17, 15) is 9.59 Å². The predicted octanol–water partition coefficient (Wildman–Crippen LogP) is -0.0697. The number of hydrogen-bond acceptors (Lipinski definition) is 5. The van der Waals surface area contributed by atoms with E-state index in [1.807, 2.05) is 7.05 Å². The largest absolute Gasteiger partial charge is 0.347 e. The first kappa shape index (κ1) is 14.5. The number of aromatic amines is 2. The van der Waals surface area contributed by atoms with Gasteiger partial charge in [-0.3, -0.25) is 9.69 Å². The maximum atomic E-state index is 12.6. The first-order chi connectivity index (χ1) is 10.5. The number of hydrogen-bond donors (Lipinski definition) is 2. The molecule has 1 atom stereocenters. The van der Waals surface area contributed by atoms with Crippen LogP contribution >= 0.6 is 0 Å². The second-order valence-electron chi connectivity index (χ2n) is 5.48. The Bertz CT molecular complexity index is 723. The van der Waals surface area contributed by atoms with Crippen LogP contribution in [0.4, 0.5) is 0 Å². The number of imidazole rings is 1. The monoisotopic (exact) mass is 302 g/mol. The van der Waals surface area contributed by atoms with Crippen molar-refractivity contribution in [3.8, 4) is 0 Å². The molecule has 0 aromatic carbocycles.